The Bertz CT molecular complexity index is 1250. The first-order valence-corrected chi connectivity index (χ1v) is 9.97. The van der Waals surface area contributed by atoms with Crippen molar-refractivity contribution >= 4 is 27.5 Å². The van der Waals surface area contributed by atoms with Gasteiger partial charge in [0.05, 0.1) is 16.7 Å². The lowest BCUT2D eigenvalue weighted by molar-refractivity contribution is 0.301. The molecule has 0 aliphatic heterocycles. The lowest BCUT2D eigenvalue weighted by Crippen LogP contribution is -2.14. The summed E-state index contributed by atoms with van der Waals surface area (Å²) in [5.74, 6) is 5.45. The van der Waals surface area contributed by atoms with Crippen molar-refractivity contribution in [1.29, 1.82) is 0 Å². The maximum atomic E-state index is 5.63. The molecule has 4 rings (SSSR count). The molecule has 146 valence electrons. The van der Waals surface area contributed by atoms with Crippen LogP contribution in [0.4, 0.5) is 5.69 Å². The fourth-order valence-electron chi connectivity index (χ4n) is 3.61. The Morgan fingerprint density at radius 2 is 1.33 bits per heavy atom. The van der Waals surface area contributed by atoms with E-state index in [2.05, 4.69) is 64.9 Å². The van der Waals surface area contributed by atoms with Gasteiger partial charge in [-0.15, -0.1) is 18.0 Å². The molecule has 0 amide bonds. The van der Waals surface area contributed by atoms with Crippen molar-refractivity contribution in [3.63, 3.8) is 0 Å². The minimum Gasteiger partial charge on any atom is -0.309 e. The molecule has 0 saturated heterocycles. The van der Waals surface area contributed by atoms with E-state index in [1.807, 2.05) is 41.4 Å². The van der Waals surface area contributed by atoms with Gasteiger partial charge in [-0.05, 0) is 74.5 Å². The van der Waals surface area contributed by atoms with Crippen LogP contribution in [0.2, 0.25) is 0 Å². The van der Waals surface area contributed by atoms with Crippen LogP contribution in [-0.4, -0.2) is 22.7 Å². The molecule has 4 aromatic rings. The van der Waals surface area contributed by atoms with Gasteiger partial charge in [0, 0.05) is 40.7 Å². The molecule has 0 bridgehead atoms. The molecule has 0 N–H and O–H groups in total. The second-order valence-electron chi connectivity index (χ2n) is 6.93. The third-order valence-electron chi connectivity index (χ3n) is 5.22. The topological polar surface area (TPSA) is 32.9 Å². The molecule has 0 aliphatic carbocycles. The van der Waals surface area contributed by atoms with E-state index in [4.69, 9.17) is 12.8 Å². The van der Waals surface area contributed by atoms with Crippen LogP contribution in [0.3, 0.4) is 0 Å². The van der Waals surface area contributed by atoms with Gasteiger partial charge >= 0.3 is 0 Å². The van der Waals surface area contributed by atoms with Crippen LogP contribution in [0.15, 0.2) is 71.0 Å². The van der Waals surface area contributed by atoms with Gasteiger partial charge in [0.1, 0.15) is 0 Å². The number of benzene rings is 3. The van der Waals surface area contributed by atoms with Crippen molar-refractivity contribution in [3.8, 4) is 30.4 Å². The lowest BCUT2D eigenvalue weighted by atomic mass is 10.1. The van der Waals surface area contributed by atoms with Crippen molar-refractivity contribution in [2.75, 3.05) is 13.1 Å². The van der Waals surface area contributed by atoms with Crippen LogP contribution in [0.1, 0.15) is 25.0 Å². The van der Waals surface area contributed by atoms with Gasteiger partial charge in [0.25, 0.3) is 0 Å². The van der Waals surface area contributed by atoms with E-state index < -0.39 is 0 Å². The molecule has 0 atom stereocenters. The number of nitrogens with zero attached hydrogens (tertiary/aromatic N) is 4. The number of fused-ring (bicyclic) bond motifs is 3. The molecule has 4 heteroatoms. The molecule has 0 aliphatic rings. The fourth-order valence-corrected chi connectivity index (χ4v) is 3.61. The highest BCUT2D eigenvalue weighted by molar-refractivity contribution is 6.10. The summed E-state index contributed by atoms with van der Waals surface area (Å²) in [6.07, 6.45) is 11.3. The monoisotopic (exact) mass is 390 g/mol. The first kappa shape index (κ1) is 19.3. The first-order chi connectivity index (χ1) is 14.7. The van der Waals surface area contributed by atoms with Crippen LogP contribution in [0.5, 0.6) is 0 Å². The fraction of sp³-hybridized carbons (Fsp3) is 0.154. The van der Waals surface area contributed by atoms with E-state index >= 15 is 0 Å². The maximum Gasteiger partial charge on any atom is 0.0875 e. The van der Waals surface area contributed by atoms with Gasteiger partial charge in [-0.25, -0.2) is 0 Å². The molecule has 0 saturated carbocycles. The van der Waals surface area contributed by atoms with Crippen molar-refractivity contribution < 1.29 is 0 Å². The third kappa shape index (κ3) is 3.41. The van der Waals surface area contributed by atoms with Gasteiger partial charge < -0.3 is 4.57 Å². The summed E-state index contributed by atoms with van der Waals surface area (Å²) in [5.41, 5.74) is 5.71. The Balaban J connectivity index is 1.86. The summed E-state index contributed by atoms with van der Waals surface area (Å²) >= 11 is 0. The zero-order valence-corrected chi connectivity index (χ0v) is 17.1. The van der Waals surface area contributed by atoms with E-state index in [0.29, 0.717) is 0 Å². The SMILES string of the molecule is C#Cc1ccc2c(c1)c1cc(C#C)ccc1n2-c1ccc(N=NN(CC)CC)cc1. The molecular weight excluding hydrogens is 368 g/mol. The molecule has 3 aromatic carbocycles. The second kappa shape index (κ2) is 8.15. The number of rotatable bonds is 5. The van der Waals surface area contributed by atoms with Crippen LogP contribution in [0, 0.1) is 24.7 Å². The Morgan fingerprint density at radius 3 is 1.80 bits per heavy atom. The summed E-state index contributed by atoms with van der Waals surface area (Å²) < 4.78 is 2.22. The van der Waals surface area contributed by atoms with Crippen molar-refractivity contribution in [1.82, 2.24) is 9.58 Å². The zero-order chi connectivity index (χ0) is 21.1. The second-order valence-corrected chi connectivity index (χ2v) is 6.93. The number of aromatic nitrogens is 1. The van der Waals surface area contributed by atoms with E-state index in [-0.39, 0.29) is 0 Å². The van der Waals surface area contributed by atoms with Crippen LogP contribution in [-0.2, 0) is 0 Å². The molecule has 1 heterocycles. The van der Waals surface area contributed by atoms with Gasteiger partial charge in [0.15, 0.2) is 0 Å². The highest BCUT2D eigenvalue weighted by Gasteiger charge is 2.13. The maximum absolute atomic E-state index is 5.63. The predicted octanol–water partition coefficient (Wildman–Crippen LogP) is 6.09. The quantitative estimate of drug-likeness (QED) is 0.231. The Morgan fingerprint density at radius 1 is 0.800 bits per heavy atom. The van der Waals surface area contributed by atoms with Crippen molar-refractivity contribution in [2.45, 2.75) is 13.8 Å². The van der Waals surface area contributed by atoms with Crippen LogP contribution < -0.4 is 0 Å². The standard InChI is InChI=1S/C26H22N4/c1-5-19-9-15-25-23(17-19)24-18-20(6-2)10-16-26(24)30(25)22-13-11-21(12-14-22)27-28-29(7-3)8-4/h1-2,9-18H,7-8H2,3-4H3. The minimum atomic E-state index is 0.815. The van der Waals surface area contributed by atoms with Crippen molar-refractivity contribution in [2.24, 2.45) is 10.3 Å². The average molecular weight is 390 g/mol. The summed E-state index contributed by atoms with van der Waals surface area (Å²) in [5, 5.41) is 12.7. The summed E-state index contributed by atoms with van der Waals surface area (Å²) in [6, 6.07) is 20.2. The molecule has 30 heavy (non-hydrogen) atoms. The molecule has 0 radical (unpaired) electrons. The zero-order valence-electron chi connectivity index (χ0n) is 17.1. The molecule has 4 nitrogen and oxygen atoms in total. The molecular formula is C26H22N4. The van der Waals surface area contributed by atoms with E-state index in [0.717, 1.165) is 57.4 Å². The predicted molar refractivity (Wildman–Crippen MR) is 124 cm³/mol. The Kier molecular flexibility index (Phi) is 5.24. The smallest absolute Gasteiger partial charge is 0.0875 e. The van der Waals surface area contributed by atoms with Gasteiger partial charge in [-0.1, -0.05) is 17.1 Å². The van der Waals surface area contributed by atoms with E-state index in [1.54, 1.807) is 0 Å². The van der Waals surface area contributed by atoms with E-state index in [9.17, 15) is 0 Å². The molecule has 0 fully saturated rings. The van der Waals surface area contributed by atoms with Gasteiger partial charge in [0.2, 0.25) is 0 Å². The van der Waals surface area contributed by atoms with Crippen LogP contribution in [0.25, 0.3) is 27.5 Å². The number of hydrogen-bond acceptors (Lipinski definition) is 2. The highest BCUT2D eigenvalue weighted by Crippen LogP contribution is 2.33. The summed E-state index contributed by atoms with van der Waals surface area (Å²) in [7, 11) is 0. The van der Waals surface area contributed by atoms with Gasteiger partial charge in [-0.2, -0.15) is 0 Å². The molecule has 0 unspecified atom stereocenters. The minimum absolute atomic E-state index is 0.815. The molecule has 1 aromatic heterocycles. The van der Waals surface area contributed by atoms with E-state index in [1.165, 1.54) is 0 Å². The van der Waals surface area contributed by atoms with Crippen LogP contribution >= 0.6 is 0 Å². The Hall–Kier alpha value is -4.02. The molecule has 0 spiro atoms. The third-order valence-corrected chi connectivity index (χ3v) is 5.22. The largest absolute Gasteiger partial charge is 0.309 e. The number of hydrogen-bond donors (Lipinski definition) is 0. The summed E-state index contributed by atoms with van der Waals surface area (Å²) in [4.78, 5) is 0. The highest BCUT2D eigenvalue weighted by atomic mass is 15.5. The average Bonchev–Trinajstić information content (AvgIpc) is 3.12. The summed E-state index contributed by atoms with van der Waals surface area (Å²) in [6.45, 7) is 5.79. The Labute approximate surface area is 176 Å². The number of terminal acetylenes is 2. The van der Waals surface area contributed by atoms with Gasteiger partial charge in [-0.3, -0.25) is 5.01 Å². The van der Waals surface area contributed by atoms with Crippen molar-refractivity contribution in [3.05, 3.63) is 71.8 Å². The first-order valence-electron chi connectivity index (χ1n) is 9.97. The lowest BCUT2D eigenvalue weighted by Gasteiger charge is -2.11. The normalized spacial score (nSPS) is 11.1.